The fourth-order valence-corrected chi connectivity index (χ4v) is 2.39. The number of aryl methyl sites for hydroxylation is 1. The number of aromatic nitrogens is 3. The lowest BCUT2D eigenvalue weighted by Crippen LogP contribution is -2.35. The van der Waals surface area contributed by atoms with E-state index in [2.05, 4.69) is 15.4 Å². The van der Waals surface area contributed by atoms with Gasteiger partial charge in [-0.3, -0.25) is 14.5 Å². The van der Waals surface area contributed by atoms with Gasteiger partial charge in [0.1, 0.15) is 5.75 Å². The van der Waals surface area contributed by atoms with Crippen molar-refractivity contribution in [1.29, 1.82) is 0 Å². The van der Waals surface area contributed by atoms with Crippen LogP contribution in [0.1, 0.15) is 12.5 Å². The molecule has 2 heterocycles. The maximum absolute atomic E-state index is 12.2. The average molecular weight is 336 g/mol. The van der Waals surface area contributed by atoms with Crippen molar-refractivity contribution in [2.24, 2.45) is 7.05 Å². The Morgan fingerprint density at radius 1 is 1.28 bits per heavy atom. The van der Waals surface area contributed by atoms with Crippen LogP contribution in [0.4, 0.5) is 0 Å². The molecule has 0 fully saturated rings. The first-order valence-corrected chi connectivity index (χ1v) is 8.05. The van der Waals surface area contributed by atoms with Crippen LogP contribution >= 0.6 is 0 Å². The predicted molar refractivity (Wildman–Crippen MR) is 94.8 cm³/mol. The summed E-state index contributed by atoms with van der Waals surface area (Å²) in [7, 11) is 1.86. The molecular weight excluding hydrogens is 316 g/mol. The fraction of sp³-hybridized carbons (Fsp3) is 0.211. The van der Waals surface area contributed by atoms with Crippen LogP contribution in [0, 0.1) is 0 Å². The molecule has 128 valence electrons. The van der Waals surface area contributed by atoms with Gasteiger partial charge < -0.3 is 10.1 Å². The molecule has 6 nitrogen and oxygen atoms in total. The number of ether oxygens (including phenoxy) is 1. The van der Waals surface area contributed by atoms with Gasteiger partial charge in [-0.1, -0.05) is 18.2 Å². The number of nitrogens with zero attached hydrogens (tertiary/aromatic N) is 3. The minimum atomic E-state index is -0.568. The normalized spacial score (nSPS) is 11.8. The number of carbonyl (C=O) groups is 1. The molecule has 1 N–H and O–H groups in total. The summed E-state index contributed by atoms with van der Waals surface area (Å²) >= 11 is 0. The van der Waals surface area contributed by atoms with E-state index in [1.807, 2.05) is 55.7 Å². The molecule has 0 radical (unpaired) electrons. The number of carbonyl (C=O) groups excluding carboxylic acids is 1. The molecule has 0 spiro atoms. The van der Waals surface area contributed by atoms with Crippen LogP contribution in [-0.4, -0.2) is 26.8 Å². The van der Waals surface area contributed by atoms with Gasteiger partial charge in [-0.15, -0.1) is 0 Å². The standard InChI is InChI=1S/C19H20N4O2/c1-14(25-17-6-4-3-5-7-17)19(24)21-11-15-8-9-20-18(10-15)16-12-22-23(2)13-16/h3-10,12-14H,11H2,1-2H3,(H,21,24)/t14-/m0/s1. The molecule has 0 unspecified atom stereocenters. The van der Waals surface area contributed by atoms with E-state index in [0.29, 0.717) is 12.3 Å². The third kappa shape index (κ3) is 4.44. The second-order valence-electron chi connectivity index (χ2n) is 5.74. The Bertz CT molecular complexity index is 845. The molecule has 25 heavy (non-hydrogen) atoms. The Morgan fingerprint density at radius 3 is 2.80 bits per heavy atom. The fourth-order valence-electron chi connectivity index (χ4n) is 2.39. The predicted octanol–water partition coefficient (Wildman–Crippen LogP) is 2.57. The highest BCUT2D eigenvalue weighted by atomic mass is 16.5. The highest BCUT2D eigenvalue weighted by Gasteiger charge is 2.14. The molecule has 1 atom stereocenters. The van der Waals surface area contributed by atoms with E-state index in [9.17, 15) is 4.79 Å². The average Bonchev–Trinajstić information content (AvgIpc) is 3.07. The van der Waals surface area contributed by atoms with E-state index < -0.39 is 6.10 Å². The van der Waals surface area contributed by atoms with Crippen LogP contribution in [0.5, 0.6) is 5.75 Å². The molecule has 0 bridgehead atoms. The Balaban J connectivity index is 1.58. The molecule has 0 aliphatic rings. The maximum atomic E-state index is 12.2. The van der Waals surface area contributed by atoms with Crippen molar-refractivity contribution in [2.75, 3.05) is 0 Å². The molecule has 0 aliphatic heterocycles. The molecule has 3 rings (SSSR count). The van der Waals surface area contributed by atoms with Crippen LogP contribution in [0.25, 0.3) is 11.3 Å². The van der Waals surface area contributed by atoms with Crippen LogP contribution in [0.2, 0.25) is 0 Å². The molecule has 2 aromatic heterocycles. The third-order valence-electron chi connectivity index (χ3n) is 3.72. The summed E-state index contributed by atoms with van der Waals surface area (Å²) in [6, 6.07) is 13.1. The zero-order valence-corrected chi connectivity index (χ0v) is 14.2. The topological polar surface area (TPSA) is 69.0 Å². The van der Waals surface area contributed by atoms with E-state index in [-0.39, 0.29) is 5.91 Å². The highest BCUT2D eigenvalue weighted by Crippen LogP contribution is 2.16. The highest BCUT2D eigenvalue weighted by molar-refractivity contribution is 5.80. The smallest absolute Gasteiger partial charge is 0.261 e. The molecule has 0 aliphatic carbocycles. The van der Waals surface area contributed by atoms with Crippen molar-refractivity contribution in [3.63, 3.8) is 0 Å². The quantitative estimate of drug-likeness (QED) is 0.751. The summed E-state index contributed by atoms with van der Waals surface area (Å²) in [6.45, 7) is 2.15. The summed E-state index contributed by atoms with van der Waals surface area (Å²) in [6.07, 6.45) is 4.83. The first-order chi connectivity index (χ1) is 12.1. The molecular formula is C19H20N4O2. The number of hydrogen-bond acceptors (Lipinski definition) is 4. The van der Waals surface area contributed by atoms with Crippen LogP contribution in [0.15, 0.2) is 61.1 Å². The van der Waals surface area contributed by atoms with Gasteiger partial charge in [0, 0.05) is 31.5 Å². The van der Waals surface area contributed by atoms with Crippen molar-refractivity contribution in [3.8, 4) is 17.0 Å². The van der Waals surface area contributed by atoms with E-state index in [4.69, 9.17) is 4.74 Å². The van der Waals surface area contributed by atoms with Gasteiger partial charge in [0.25, 0.3) is 5.91 Å². The summed E-state index contributed by atoms with van der Waals surface area (Å²) in [5, 5.41) is 7.04. The van der Waals surface area contributed by atoms with Crippen LogP contribution in [0.3, 0.4) is 0 Å². The number of pyridine rings is 1. The zero-order valence-electron chi connectivity index (χ0n) is 14.2. The second-order valence-corrected chi connectivity index (χ2v) is 5.74. The number of para-hydroxylation sites is 1. The Labute approximate surface area is 146 Å². The summed E-state index contributed by atoms with van der Waals surface area (Å²) in [5.74, 6) is 0.511. The first kappa shape index (κ1) is 16.7. The number of benzene rings is 1. The summed E-state index contributed by atoms with van der Waals surface area (Å²) < 4.78 is 7.36. The van der Waals surface area contributed by atoms with Gasteiger partial charge in [0.15, 0.2) is 6.10 Å². The third-order valence-corrected chi connectivity index (χ3v) is 3.72. The van der Waals surface area contributed by atoms with Crippen LogP contribution < -0.4 is 10.1 Å². The molecule has 3 aromatic rings. The molecule has 0 saturated heterocycles. The minimum Gasteiger partial charge on any atom is -0.481 e. The van der Waals surface area contributed by atoms with E-state index >= 15 is 0 Å². The second kappa shape index (κ2) is 7.61. The van der Waals surface area contributed by atoms with Gasteiger partial charge in [-0.05, 0) is 36.8 Å². The minimum absolute atomic E-state index is 0.163. The summed E-state index contributed by atoms with van der Waals surface area (Å²) in [5.41, 5.74) is 2.74. The Kier molecular flexibility index (Phi) is 5.09. The number of rotatable bonds is 6. The lowest BCUT2D eigenvalue weighted by atomic mass is 10.1. The van der Waals surface area contributed by atoms with Gasteiger partial charge >= 0.3 is 0 Å². The summed E-state index contributed by atoms with van der Waals surface area (Å²) in [4.78, 5) is 16.6. The van der Waals surface area contributed by atoms with Crippen molar-refractivity contribution in [3.05, 3.63) is 66.6 Å². The number of hydrogen-bond donors (Lipinski definition) is 1. The van der Waals surface area contributed by atoms with Crippen molar-refractivity contribution >= 4 is 5.91 Å². The monoisotopic (exact) mass is 336 g/mol. The van der Waals surface area contributed by atoms with Crippen molar-refractivity contribution < 1.29 is 9.53 Å². The van der Waals surface area contributed by atoms with Crippen molar-refractivity contribution in [2.45, 2.75) is 19.6 Å². The lowest BCUT2D eigenvalue weighted by Gasteiger charge is -2.14. The molecule has 0 saturated carbocycles. The van der Waals surface area contributed by atoms with Gasteiger partial charge in [0.05, 0.1) is 11.9 Å². The Morgan fingerprint density at radius 2 is 2.08 bits per heavy atom. The van der Waals surface area contributed by atoms with E-state index in [0.717, 1.165) is 16.8 Å². The van der Waals surface area contributed by atoms with E-state index in [1.165, 1.54) is 0 Å². The largest absolute Gasteiger partial charge is 0.481 e. The first-order valence-electron chi connectivity index (χ1n) is 8.05. The SMILES string of the molecule is C[C@H](Oc1ccccc1)C(=O)NCc1ccnc(-c2cnn(C)c2)c1. The molecule has 6 heteroatoms. The zero-order chi connectivity index (χ0) is 17.6. The maximum Gasteiger partial charge on any atom is 0.261 e. The lowest BCUT2D eigenvalue weighted by molar-refractivity contribution is -0.127. The molecule has 1 amide bonds. The molecule has 1 aromatic carbocycles. The van der Waals surface area contributed by atoms with Gasteiger partial charge in [-0.2, -0.15) is 5.10 Å². The van der Waals surface area contributed by atoms with Crippen LogP contribution in [-0.2, 0) is 18.4 Å². The Hall–Kier alpha value is -3.15. The van der Waals surface area contributed by atoms with E-state index in [1.54, 1.807) is 24.0 Å². The number of nitrogens with one attached hydrogen (secondary N) is 1. The number of amides is 1. The van der Waals surface area contributed by atoms with Gasteiger partial charge in [-0.25, -0.2) is 0 Å². The van der Waals surface area contributed by atoms with Crippen molar-refractivity contribution in [1.82, 2.24) is 20.1 Å². The van der Waals surface area contributed by atoms with Gasteiger partial charge in [0.2, 0.25) is 0 Å².